The minimum Gasteiger partial charge on any atom is -0.468 e. The van der Waals surface area contributed by atoms with Crippen LogP contribution in [0.5, 0.6) is 0 Å². The van der Waals surface area contributed by atoms with E-state index in [4.69, 9.17) is 4.74 Å². The van der Waals surface area contributed by atoms with Crippen LogP contribution in [-0.2, 0) is 14.3 Å². The van der Waals surface area contributed by atoms with Gasteiger partial charge >= 0.3 is 5.97 Å². The average Bonchev–Trinajstić information content (AvgIpc) is 2.62. The van der Waals surface area contributed by atoms with Crippen LogP contribution >= 0.6 is 0 Å². The molecule has 0 saturated heterocycles. The highest BCUT2D eigenvalue weighted by molar-refractivity contribution is 6.15. The maximum atomic E-state index is 13.6. The number of anilines is 1. The van der Waals surface area contributed by atoms with Gasteiger partial charge in [0.25, 0.3) is 5.91 Å². The molecule has 1 aliphatic rings. The molecule has 2 aromatic carbocycles. The van der Waals surface area contributed by atoms with Crippen LogP contribution in [-0.4, -0.2) is 24.7 Å². The standard InChI is InChI=1S/C19H17FN2O3/c1-12-6-8-13(9-7-12)17-11-16(19(24)25-2)18(23)22(21-17)15-5-3-4-14(20)10-15/h3-10,16H,11H2,1-2H3. The Bertz CT molecular complexity index is 846. The summed E-state index contributed by atoms with van der Waals surface area (Å²) in [6.07, 6.45) is 0.139. The highest BCUT2D eigenvalue weighted by atomic mass is 19.1. The first-order valence-electron chi connectivity index (χ1n) is 7.81. The third-order valence-electron chi connectivity index (χ3n) is 4.05. The predicted octanol–water partition coefficient (Wildman–Crippen LogP) is 3.06. The van der Waals surface area contributed by atoms with Gasteiger partial charge in [0.1, 0.15) is 11.7 Å². The number of nitrogens with zero attached hydrogens (tertiary/aromatic N) is 2. The number of carbonyl (C=O) groups excluding carboxylic acids is 2. The third kappa shape index (κ3) is 3.42. The van der Waals surface area contributed by atoms with Gasteiger partial charge in [-0.2, -0.15) is 10.1 Å². The monoisotopic (exact) mass is 340 g/mol. The minimum absolute atomic E-state index is 0.139. The van der Waals surface area contributed by atoms with Gasteiger partial charge in [0.15, 0.2) is 0 Å². The number of halogens is 1. The zero-order chi connectivity index (χ0) is 18.0. The van der Waals surface area contributed by atoms with Gasteiger partial charge in [0, 0.05) is 6.42 Å². The SMILES string of the molecule is COC(=O)C1CC(c2ccc(C)cc2)=NN(c2cccc(F)c2)C1=O. The summed E-state index contributed by atoms with van der Waals surface area (Å²) in [7, 11) is 1.24. The number of amides is 1. The fourth-order valence-corrected chi connectivity index (χ4v) is 2.68. The van der Waals surface area contributed by atoms with Crippen LogP contribution in [0.1, 0.15) is 17.5 Å². The Morgan fingerprint density at radius 2 is 1.96 bits per heavy atom. The zero-order valence-electron chi connectivity index (χ0n) is 13.9. The van der Waals surface area contributed by atoms with E-state index in [-0.39, 0.29) is 12.1 Å². The molecular formula is C19H17FN2O3. The van der Waals surface area contributed by atoms with Gasteiger partial charge in [-0.3, -0.25) is 9.59 Å². The van der Waals surface area contributed by atoms with Crippen LogP contribution in [0.3, 0.4) is 0 Å². The van der Waals surface area contributed by atoms with Gasteiger partial charge in [0.2, 0.25) is 0 Å². The van der Waals surface area contributed by atoms with Crippen LogP contribution in [0.2, 0.25) is 0 Å². The molecule has 6 heteroatoms. The summed E-state index contributed by atoms with van der Waals surface area (Å²) in [5.41, 5.74) is 2.72. The highest BCUT2D eigenvalue weighted by Crippen LogP contribution is 2.27. The molecule has 2 aromatic rings. The first-order chi connectivity index (χ1) is 12.0. The molecule has 0 fully saturated rings. The van der Waals surface area contributed by atoms with Gasteiger partial charge < -0.3 is 4.74 Å². The van der Waals surface area contributed by atoms with Gasteiger partial charge in [0.05, 0.1) is 18.5 Å². The van der Waals surface area contributed by atoms with E-state index in [9.17, 15) is 14.0 Å². The molecule has 0 aliphatic carbocycles. The molecule has 1 amide bonds. The quantitative estimate of drug-likeness (QED) is 0.637. The Hall–Kier alpha value is -3.02. The third-order valence-corrected chi connectivity index (χ3v) is 4.05. The Labute approximate surface area is 144 Å². The van der Waals surface area contributed by atoms with Crippen molar-refractivity contribution in [1.29, 1.82) is 0 Å². The van der Waals surface area contributed by atoms with Gasteiger partial charge in [-0.05, 0) is 30.7 Å². The summed E-state index contributed by atoms with van der Waals surface area (Å²) in [6, 6.07) is 13.1. The van der Waals surface area contributed by atoms with E-state index in [1.165, 1.54) is 25.3 Å². The lowest BCUT2D eigenvalue weighted by molar-refractivity contribution is -0.149. The van der Waals surface area contributed by atoms with E-state index in [0.717, 1.165) is 16.1 Å². The summed E-state index contributed by atoms with van der Waals surface area (Å²) in [6.45, 7) is 1.96. The second-order valence-corrected chi connectivity index (χ2v) is 5.82. The summed E-state index contributed by atoms with van der Waals surface area (Å²) in [4.78, 5) is 24.7. The second kappa shape index (κ2) is 6.84. The second-order valence-electron chi connectivity index (χ2n) is 5.82. The number of rotatable bonds is 3. The van der Waals surface area contributed by atoms with Crippen LogP contribution in [0.25, 0.3) is 0 Å². The highest BCUT2D eigenvalue weighted by Gasteiger charge is 2.38. The molecule has 1 unspecified atom stereocenters. The molecule has 0 bridgehead atoms. The molecule has 1 atom stereocenters. The number of carbonyl (C=O) groups is 2. The van der Waals surface area contributed by atoms with Crippen LogP contribution in [0.4, 0.5) is 10.1 Å². The van der Waals surface area contributed by atoms with Crippen molar-refractivity contribution in [2.24, 2.45) is 11.0 Å². The maximum absolute atomic E-state index is 13.6. The largest absolute Gasteiger partial charge is 0.468 e. The lowest BCUT2D eigenvalue weighted by Crippen LogP contribution is -2.43. The Balaban J connectivity index is 2.07. The number of aryl methyl sites for hydroxylation is 1. The molecular weight excluding hydrogens is 323 g/mol. The van der Waals surface area contributed by atoms with E-state index < -0.39 is 23.6 Å². The zero-order valence-corrected chi connectivity index (χ0v) is 13.9. The summed E-state index contributed by atoms with van der Waals surface area (Å²) >= 11 is 0. The van der Waals surface area contributed by atoms with Crippen molar-refractivity contribution in [3.8, 4) is 0 Å². The first-order valence-corrected chi connectivity index (χ1v) is 7.81. The van der Waals surface area contributed by atoms with Crippen molar-refractivity contribution in [2.45, 2.75) is 13.3 Å². The molecule has 1 aliphatic heterocycles. The molecule has 0 saturated carbocycles. The molecule has 1 heterocycles. The number of hydrogen-bond acceptors (Lipinski definition) is 4. The summed E-state index contributed by atoms with van der Waals surface area (Å²) in [5, 5.41) is 5.44. The van der Waals surface area contributed by atoms with E-state index in [1.807, 2.05) is 31.2 Å². The van der Waals surface area contributed by atoms with E-state index in [0.29, 0.717) is 5.71 Å². The minimum atomic E-state index is -1.01. The van der Waals surface area contributed by atoms with Crippen molar-refractivity contribution < 1.29 is 18.7 Å². The van der Waals surface area contributed by atoms with Crippen LogP contribution in [0, 0.1) is 18.7 Å². The maximum Gasteiger partial charge on any atom is 0.318 e. The van der Waals surface area contributed by atoms with E-state index >= 15 is 0 Å². The first kappa shape index (κ1) is 16.8. The lowest BCUT2D eigenvalue weighted by atomic mass is 9.94. The molecule has 128 valence electrons. The Morgan fingerprint density at radius 3 is 2.60 bits per heavy atom. The van der Waals surface area contributed by atoms with Gasteiger partial charge in [-0.15, -0.1) is 0 Å². The fourth-order valence-electron chi connectivity index (χ4n) is 2.68. The number of hydrogen-bond donors (Lipinski definition) is 0. The number of esters is 1. The normalized spacial score (nSPS) is 17.2. The van der Waals surface area contributed by atoms with Gasteiger partial charge in [-0.25, -0.2) is 4.39 Å². The molecule has 5 nitrogen and oxygen atoms in total. The molecule has 0 N–H and O–H groups in total. The summed E-state index contributed by atoms with van der Waals surface area (Å²) < 4.78 is 18.3. The molecule has 0 aromatic heterocycles. The molecule has 3 rings (SSSR count). The molecule has 25 heavy (non-hydrogen) atoms. The number of benzene rings is 2. The lowest BCUT2D eigenvalue weighted by Gasteiger charge is -2.28. The average molecular weight is 340 g/mol. The summed E-state index contributed by atoms with van der Waals surface area (Å²) in [5.74, 6) is -2.67. The Kier molecular flexibility index (Phi) is 4.61. The Morgan fingerprint density at radius 1 is 1.24 bits per heavy atom. The molecule has 0 radical (unpaired) electrons. The van der Waals surface area contributed by atoms with E-state index in [2.05, 4.69) is 5.10 Å². The fraction of sp³-hybridized carbons (Fsp3) is 0.211. The van der Waals surface area contributed by atoms with Crippen molar-refractivity contribution in [2.75, 3.05) is 12.1 Å². The van der Waals surface area contributed by atoms with Crippen LogP contribution in [0.15, 0.2) is 53.6 Å². The number of hydrazone groups is 1. The van der Waals surface area contributed by atoms with Crippen molar-refractivity contribution >= 4 is 23.3 Å². The van der Waals surface area contributed by atoms with Crippen molar-refractivity contribution in [1.82, 2.24) is 0 Å². The number of methoxy groups -OCH3 is 1. The van der Waals surface area contributed by atoms with Crippen molar-refractivity contribution in [3.05, 3.63) is 65.5 Å². The number of ether oxygens (including phenoxy) is 1. The van der Waals surface area contributed by atoms with Gasteiger partial charge in [-0.1, -0.05) is 35.9 Å². The topological polar surface area (TPSA) is 59.0 Å². The van der Waals surface area contributed by atoms with E-state index in [1.54, 1.807) is 6.07 Å². The van der Waals surface area contributed by atoms with Crippen molar-refractivity contribution in [3.63, 3.8) is 0 Å². The molecule has 0 spiro atoms. The van der Waals surface area contributed by atoms with Crippen LogP contribution < -0.4 is 5.01 Å². The smallest absolute Gasteiger partial charge is 0.318 e. The predicted molar refractivity (Wildman–Crippen MR) is 91.7 cm³/mol.